The Morgan fingerprint density at radius 1 is 1.37 bits per heavy atom. The molecule has 106 valence electrons. The first-order valence-corrected chi connectivity index (χ1v) is 8.97. The van der Waals surface area contributed by atoms with Crippen molar-refractivity contribution in [3.05, 3.63) is 27.7 Å². The molecule has 0 heterocycles. The molecular formula is C12H16BrClN2O2S. The highest BCUT2D eigenvalue weighted by atomic mass is 79.9. The minimum atomic E-state index is -3.35. The lowest BCUT2D eigenvalue weighted by molar-refractivity contribution is 0.593. The van der Waals surface area contributed by atoms with E-state index in [2.05, 4.69) is 26.0 Å². The van der Waals surface area contributed by atoms with Crippen molar-refractivity contribution in [3.8, 4) is 0 Å². The molecule has 0 aromatic heterocycles. The summed E-state index contributed by atoms with van der Waals surface area (Å²) in [6.45, 7) is 0.734. The molecule has 4 nitrogen and oxygen atoms in total. The van der Waals surface area contributed by atoms with Gasteiger partial charge in [0.05, 0.1) is 16.5 Å². The number of halogens is 2. The maximum Gasteiger partial charge on any atom is 0.232 e. The molecule has 0 atom stereocenters. The number of anilines is 1. The molecule has 1 fully saturated rings. The number of nitrogens with one attached hydrogen (secondary N) is 2. The number of hydrogen-bond acceptors (Lipinski definition) is 3. The van der Waals surface area contributed by atoms with Crippen LogP contribution in [0, 0.1) is 0 Å². The molecule has 0 radical (unpaired) electrons. The van der Waals surface area contributed by atoms with Crippen LogP contribution in [0.15, 0.2) is 22.7 Å². The highest BCUT2D eigenvalue weighted by molar-refractivity contribution is 9.10. The molecule has 1 aliphatic carbocycles. The maximum absolute atomic E-state index is 11.9. The fourth-order valence-corrected chi connectivity index (χ4v) is 3.36. The third kappa shape index (κ3) is 5.30. The minimum Gasteiger partial charge on any atom is -0.314 e. The van der Waals surface area contributed by atoms with E-state index >= 15 is 0 Å². The predicted octanol–water partition coefficient (Wildman–Crippen LogP) is 2.99. The number of benzene rings is 1. The third-order valence-corrected chi connectivity index (χ3v) is 4.97. The summed E-state index contributed by atoms with van der Waals surface area (Å²) in [6, 6.07) is 5.68. The summed E-state index contributed by atoms with van der Waals surface area (Å²) in [4.78, 5) is 0. The van der Waals surface area contributed by atoms with Crippen LogP contribution in [0.2, 0.25) is 5.02 Å². The van der Waals surface area contributed by atoms with Crippen LogP contribution in [0.25, 0.3) is 0 Å². The summed E-state index contributed by atoms with van der Waals surface area (Å²) in [5.41, 5.74) is 0.409. The molecule has 7 heteroatoms. The highest BCUT2D eigenvalue weighted by Gasteiger charge is 2.20. The van der Waals surface area contributed by atoms with E-state index in [-0.39, 0.29) is 5.75 Å². The Hall–Kier alpha value is -0.300. The standard InChI is InChI=1S/C12H16BrClN2O2S/c13-9-2-5-11(14)12(8-9)16-19(17,18)7-1-6-15-10-3-4-10/h2,5,8,10,15-16H,1,3-4,6-7H2. The van der Waals surface area contributed by atoms with Crippen molar-refractivity contribution in [1.29, 1.82) is 0 Å². The van der Waals surface area contributed by atoms with Crippen LogP contribution in [0.5, 0.6) is 0 Å². The van der Waals surface area contributed by atoms with Crippen LogP contribution >= 0.6 is 27.5 Å². The Kier molecular flexibility index (Phi) is 5.11. The summed E-state index contributed by atoms with van der Waals surface area (Å²) < 4.78 is 27.1. The van der Waals surface area contributed by atoms with E-state index in [9.17, 15) is 8.42 Å². The smallest absolute Gasteiger partial charge is 0.232 e. The zero-order valence-corrected chi connectivity index (χ0v) is 13.5. The quantitative estimate of drug-likeness (QED) is 0.728. The predicted molar refractivity (Wildman–Crippen MR) is 82.2 cm³/mol. The maximum atomic E-state index is 11.9. The van der Waals surface area contributed by atoms with E-state index in [0.717, 1.165) is 11.0 Å². The Morgan fingerprint density at radius 2 is 2.11 bits per heavy atom. The summed E-state index contributed by atoms with van der Waals surface area (Å²) >= 11 is 9.24. The van der Waals surface area contributed by atoms with Gasteiger partial charge in [-0.1, -0.05) is 27.5 Å². The van der Waals surface area contributed by atoms with Gasteiger partial charge in [-0.05, 0) is 44.0 Å². The molecule has 0 unspecified atom stereocenters. The van der Waals surface area contributed by atoms with E-state index in [1.807, 2.05) is 0 Å². The average molecular weight is 368 g/mol. The van der Waals surface area contributed by atoms with Gasteiger partial charge in [-0.25, -0.2) is 8.42 Å². The first-order chi connectivity index (χ1) is 8.96. The first-order valence-electron chi connectivity index (χ1n) is 6.15. The third-order valence-electron chi connectivity index (χ3n) is 2.79. The van der Waals surface area contributed by atoms with E-state index in [0.29, 0.717) is 23.2 Å². The SMILES string of the molecule is O=S(=O)(CCCNC1CC1)Nc1cc(Br)ccc1Cl. The Morgan fingerprint density at radius 3 is 2.79 bits per heavy atom. The Balaban J connectivity index is 1.86. The molecule has 0 bridgehead atoms. The molecule has 0 saturated heterocycles. The summed E-state index contributed by atoms with van der Waals surface area (Å²) in [7, 11) is -3.35. The van der Waals surface area contributed by atoms with Gasteiger partial charge in [0, 0.05) is 10.5 Å². The van der Waals surface area contributed by atoms with E-state index in [1.54, 1.807) is 18.2 Å². The minimum absolute atomic E-state index is 0.0928. The lowest BCUT2D eigenvalue weighted by atomic mass is 10.3. The van der Waals surface area contributed by atoms with Crippen LogP contribution < -0.4 is 10.0 Å². The highest BCUT2D eigenvalue weighted by Crippen LogP contribution is 2.26. The number of rotatable bonds is 7. The zero-order chi connectivity index (χ0) is 13.9. The second kappa shape index (κ2) is 6.43. The lowest BCUT2D eigenvalue weighted by Gasteiger charge is -2.10. The van der Waals surface area contributed by atoms with E-state index in [1.165, 1.54) is 12.8 Å². The largest absolute Gasteiger partial charge is 0.314 e. The molecule has 1 aliphatic rings. The normalized spacial score (nSPS) is 15.5. The topological polar surface area (TPSA) is 58.2 Å². The second-order valence-electron chi connectivity index (χ2n) is 4.63. The molecule has 2 N–H and O–H groups in total. The molecule has 2 rings (SSSR count). The van der Waals surface area contributed by atoms with Crippen LogP contribution in [0.3, 0.4) is 0 Å². The van der Waals surface area contributed by atoms with Crippen molar-refractivity contribution in [2.45, 2.75) is 25.3 Å². The van der Waals surface area contributed by atoms with Crippen LogP contribution in [-0.4, -0.2) is 26.8 Å². The van der Waals surface area contributed by atoms with Gasteiger partial charge in [-0.2, -0.15) is 0 Å². The van der Waals surface area contributed by atoms with Gasteiger partial charge in [0.2, 0.25) is 10.0 Å². The molecule has 1 saturated carbocycles. The van der Waals surface area contributed by atoms with Crippen LogP contribution in [0.4, 0.5) is 5.69 Å². The molecule has 1 aromatic carbocycles. The van der Waals surface area contributed by atoms with Crippen molar-refractivity contribution >= 4 is 43.2 Å². The molecular weight excluding hydrogens is 352 g/mol. The lowest BCUT2D eigenvalue weighted by Crippen LogP contribution is -2.23. The van der Waals surface area contributed by atoms with Gasteiger partial charge < -0.3 is 5.32 Å². The molecule has 0 amide bonds. The number of hydrogen-bond donors (Lipinski definition) is 2. The van der Waals surface area contributed by atoms with Crippen molar-refractivity contribution < 1.29 is 8.42 Å². The summed E-state index contributed by atoms with van der Waals surface area (Å²) in [6.07, 6.45) is 3.01. The monoisotopic (exact) mass is 366 g/mol. The Bertz CT molecular complexity index is 547. The van der Waals surface area contributed by atoms with Crippen molar-refractivity contribution in [1.82, 2.24) is 5.32 Å². The van der Waals surface area contributed by atoms with Crippen LogP contribution in [0.1, 0.15) is 19.3 Å². The Labute approximate surface area is 127 Å². The van der Waals surface area contributed by atoms with Gasteiger partial charge in [-0.3, -0.25) is 4.72 Å². The average Bonchev–Trinajstić information content (AvgIpc) is 3.13. The molecule has 0 spiro atoms. The summed E-state index contributed by atoms with van der Waals surface area (Å²) in [5.74, 6) is 0.0928. The van der Waals surface area contributed by atoms with Crippen molar-refractivity contribution in [3.63, 3.8) is 0 Å². The van der Waals surface area contributed by atoms with E-state index < -0.39 is 10.0 Å². The fourth-order valence-electron chi connectivity index (χ4n) is 1.65. The van der Waals surface area contributed by atoms with Crippen molar-refractivity contribution in [2.24, 2.45) is 0 Å². The first kappa shape index (κ1) is 15.1. The zero-order valence-electron chi connectivity index (χ0n) is 10.3. The van der Waals surface area contributed by atoms with Gasteiger partial charge in [0.1, 0.15) is 0 Å². The van der Waals surface area contributed by atoms with Gasteiger partial charge in [0.15, 0.2) is 0 Å². The van der Waals surface area contributed by atoms with Crippen LogP contribution in [-0.2, 0) is 10.0 Å². The van der Waals surface area contributed by atoms with Gasteiger partial charge >= 0.3 is 0 Å². The van der Waals surface area contributed by atoms with Gasteiger partial charge in [0.25, 0.3) is 0 Å². The van der Waals surface area contributed by atoms with Crippen molar-refractivity contribution in [2.75, 3.05) is 17.0 Å². The van der Waals surface area contributed by atoms with Gasteiger partial charge in [-0.15, -0.1) is 0 Å². The molecule has 1 aromatic rings. The fraction of sp³-hybridized carbons (Fsp3) is 0.500. The number of sulfonamides is 1. The summed E-state index contributed by atoms with van der Waals surface area (Å²) in [5, 5.41) is 3.68. The molecule has 19 heavy (non-hydrogen) atoms. The molecule has 0 aliphatic heterocycles. The van der Waals surface area contributed by atoms with E-state index in [4.69, 9.17) is 11.6 Å². The second-order valence-corrected chi connectivity index (χ2v) is 7.79.